The number of ether oxygens (including phenoxy) is 1. The molecule has 0 aromatic carbocycles. The van der Waals surface area contributed by atoms with E-state index in [1.165, 1.54) is 0 Å². The van der Waals surface area contributed by atoms with E-state index in [1.54, 1.807) is 17.0 Å². The number of nitrogens with zero attached hydrogens (tertiary/aromatic N) is 6. The Bertz CT molecular complexity index is 976. The van der Waals surface area contributed by atoms with Gasteiger partial charge in [0.2, 0.25) is 0 Å². The van der Waals surface area contributed by atoms with Crippen LogP contribution in [0.5, 0.6) is 0 Å². The zero-order valence-corrected chi connectivity index (χ0v) is 19.2. The second-order valence-electron chi connectivity index (χ2n) is 8.54. The van der Waals surface area contributed by atoms with Crippen LogP contribution in [-0.4, -0.2) is 80.7 Å². The molecule has 0 atom stereocenters. The van der Waals surface area contributed by atoms with Gasteiger partial charge in [-0.15, -0.1) is 0 Å². The molecular formula is C23H34N6O3. The Labute approximate surface area is 189 Å². The maximum absolute atomic E-state index is 13.1. The van der Waals surface area contributed by atoms with Gasteiger partial charge in [-0.05, 0) is 26.3 Å². The Kier molecular flexibility index (Phi) is 7.36. The quantitative estimate of drug-likeness (QED) is 0.600. The van der Waals surface area contributed by atoms with Crippen molar-refractivity contribution in [2.24, 2.45) is 0 Å². The number of likely N-dealkylation sites (tertiary alicyclic amines) is 1. The van der Waals surface area contributed by atoms with Crippen molar-refractivity contribution in [3.8, 4) is 5.82 Å². The summed E-state index contributed by atoms with van der Waals surface area (Å²) in [5.41, 5.74) is 1.99. The minimum absolute atomic E-state index is 0.0620. The summed E-state index contributed by atoms with van der Waals surface area (Å²) in [6.45, 7) is 9.89. The fourth-order valence-corrected chi connectivity index (χ4v) is 4.67. The lowest BCUT2D eigenvalue weighted by molar-refractivity contribution is -0.143. The van der Waals surface area contributed by atoms with E-state index in [1.807, 2.05) is 17.7 Å². The summed E-state index contributed by atoms with van der Waals surface area (Å²) in [6, 6.07) is 0.162. The summed E-state index contributed by atoms with van der Waals surface area (Å²) in [5.74, 6) is 0.455. The van der Waals surface area contributed by atoms with Crippen LogP contribution in [0.25, 0.3) is 5.82 Å². The Morgan fingerprint density at radius 1 is 1.06 bits per heavy atom. The molecule has 32 heavy (non-hydrogen) atoms. The lowest BCUT2D eigenvalue weighted by Crippen LogP contribution is -2.38. The molecule has 4 heterocycles. The Morgan fingerprint density at radius 3 is 2.53 bits per heavy atom. The minimum Gasteiger partial charge on any atom is -0.466 e. The minimum atomic E-state index is -0.146. The number of rotatable bonds is 7. The Hall–Kier alpha value is -2.52. The fourth-order valence-electron chi connectivity index (χ4n) is 4.67. The fraction of sp³-hybridized carbons (Fsp3) is 0.652. The van der Waals surface area contributed by atoms with E-state index in [0.717, 1.165) is 69.8 Å². The second-order valence-corrected chi connectivity index (χ2v) is 8.54. The molecule has 0 saturated carbocycles. The first-order valence-corrected chi connectivity index (χ1v) is 11.8. The van der Waals surface area contributed by atoms with Crippen molar-refractivity contribution >= 4 is 5.97 Å². The number of esters is 1. The van der Waals surface area contributed by atoms with Gasteiger partial charge in [-0.2, -0.15) is 0 Å². The third kappa shape index (κ3) is 5.10. The number of fused-ring (bicyclic) bond motifs is 1. The zero-order valence-electron chi connectivity index (χ0n) is 19.2. The van der Waals surface area contributed by atoms with E-state index in [-0.39, 0.29) is 17.7 Å². The molecule has 0 amide bonds. The van der Waals surface area contributed by atoms with Crippen molar-refractivity contribution in [3.05, 3.63) is 40.5 Å². The van der Waals surface area contributed by atoms with Crippen LogP contribution in [0, 0.1) is 0 Å². The molecule has 174 valence electrons. The maximum atomic E-state index is 13.1. The lowest BCUT2D eigenvalue weighted by atomic mass is 10.0. The third-order valence-electron chi connectivity index (χ3n) is 6.63. The normalized spacial score (nSPS) is 18.3. The SMILES string of the molecule is CCOC(=O)CCN1CCC(n2ccn(-c3cnc4c(n3)CCN(CC)CC4)c2=O)CC1. The number of hydrogen-bond acceptors (Lipinski definition) is 7. The van der Waals surface area contributed by atoms with Crippen LogP contribution in [0.15, 0.2) is 23.4 Å². The van der Waals surface area contributed by atoms with Gasteiger partial charge in [-0.25, -0.2) is 9.78 Å². The molecule has 9 nitrogen and oxygen atoms in total. The van der Waals surface area contributed by atoms with Gasteiger partial charge < -0.3 is 14.5 Å². The van der Waals surface area contributed by atoms with Crippen molar-refractivity contribution in [2.45, 2.75) is 52.0 Å². The van der Waals surface area contributed by atoms with Gasteiger partial charge in [0.25, 0.3) is 0 Å². The first kappa shape index (κ1) is 22.7. The molecule has 4 rings (SSSR count). The van der Waals surface area contributed by atoms with Gasteiger partial charge >= 0.3 is 11.7 Å². The van der Waals surface area contributed by atoms with Crippen molar-refractivity contribution in [3.63, 3.8) is 0 Å². The van der Waals surface area contributed by atoms with E-state index >= 15 is 0 Å². The zero-order chi connectivity index (χ0) is 22.5. The summed E-state index contributed by atoms with van der Waals surface area (Å²) in [6.07, 6.45) is 9.36. The molecule has 1 fully saturated rings. The van der Waals surface area contributed by atoms with Crippen LogP contribution in [-0.2, 0) is 22.4 Å². The Balaban J connectivity index is 1.40. The maximum Gasteiger partial charge on any atom is 0.334 e. The highest BCUT2D eigenvalue weighted by molar-refractivity contribution is 5.69. The summed E-state index contributed by atoms with van der Waals surface area (Å²) in [7, 11) is 0. The molecule has 0 aliphatic carbocycles. The summed E-state index contributed by atoms with van der Waals surface area (Å²) >= 11 is 0. The molecule has 0 spiro atoms. The van der Waals surface area contributed by atoms with Crippen LogP contribution >= 0.6 is 0 Å². The Morgan fingerprint density at radius 2 is 1.81 bits per heavy atom. The van der Waals surface area contributed by atoms with Crippen molar-refractivity contribution in [2.75, 3.05) is 45.9 Å². The van der Waals surface area contributed by atoms with Gasteiger partial charge in [0, 0.05) is 64.0 Å². The first-order valence-electron chi connectivity index (χ1n) is 11.8. The molecule has 0 bridgehead atoms. The van der Waals surface area contributed by atoms with E-state index in [4.69, 9.17) is 9.72 Å². The number of imidazole rings is 1. The van der Waals surface area contributed by atoms with E-state index in [0.29, 0.717) is 25.4 Å². The summed E-state index contributed by atoms with van der Waals surface area (Å²) in [4.78, 5) is 38.9. The van der Waals surface area contributed by atoms with Crippen molar-refractivity contribution < 1.29 is 9.53 Å². The van der Waals surface area contributed by atoms with Gasteiger partial charge in [0.15, 0.2) is 5.82 Å². The summed E-state index contributed by atoms with van der Waals surface area (Å²) < 4.78 is 8.45. The van der Waals surface area contributed by atoms with E-state index < -0.39 is 0 Å². The molecule has 2 aliphatic rings. The molecule has 2 aliphatic heterocycles. The van der Waals surface area contributed by atoms with E-state index in [9.17, 15) is 9.59 Å². The number of carbonyl (C=O) groups excluding carboxylic acids is 1. The van der Waals surface area contributed by atoms with Gasteiger partial charge in [0.1, 0.15) is 0 Å². The van der Waals surface area contributed by atoms with Gasteiger partial charge in [-0.3, -0.25) is 18.9 Å². The molecule has 0 N–H and O–H groups in total. The summed E-state index contributed by atoms with van der Waals surface area (Å²) in [5, 5.41) is 0. The highest BCUT2D eigenvalue weighted by atomic mass is 16.5. The predicted octanol–water partition coefficient (Wildman–Crippen LogP) is 1.44. The molecule has 9 heteroatoms. The highest BCUT2D eigenvalue weighted by Gasteiger charge is 2.23. The molecule has 2 aromatic rings. The average molecular weight is 443 g/mol. The monoisotopic (exact) mass is 442 g/mol. The van der Waals surface area contributed by atoms with Crippen LogP contribution in [0.4, 0.5) is 0 Å². The number of likely N-dealkylation sites (N-methyl/N-ethyl adjacent to an activating group) is 1. The van der Waals surface area contributed by atoms with Crippen LogP contribution in [0.3, 0.4) is 0 Å². The molecule has 2 aromatic heterocycles. The van der Waals surface area contributed by atoms with Crippen LogP contribution in [0.1, 0.15) is 50.5 Å². The molecule has 0 unspecified atom stereocenters. The smallest absolute Gasteiger partial charge is 0.334 e. The number of aromatic nitrogens is 4. The van der Waals surface area contributed by atoms with E-state index in [2.05, 4.69) is 21.7 Å². The van der Waals surface area contributed by atoms with Gasteiger partial charge in [0.05, 0.1) is 30.6 Å². The second kappa shape index (κ2) is 10.4. The number of carbonyl (C=O) groups is 1. The standard InChI is InChI=1S/C23H34N6O3/c1-3-26-12-7-19-20(8-13-26)25-21(17-24-19)29-16-15-28(23(29)31)18-5-10-27(11-6-18)14-9-22(30)32-4-2/h15-18H,3-14H2,1-2H3. The topological polar surface area (TPSA) is 85.5 Å². The van der Waals surface area contributed by atoms with Crippen molar-refractivity contribution in [1.29, 1.82) is 0 Å². The molecular weight excluding hydrogens is 408 g/mol. The average Bonchev–Trinajstić information content (AvgIpc) is 3.07. The number of piperidine rings is 1. The third-order valence-corrected chi connectivity index (χ3v) is 6.63. The molecule has 1 saturated heterocycles. The van der Waals surface area contributed by atoms with Crippen LogP contribution in [0.2, 0.25) is 0 Å². The highest BCUT2D eigenvalue weighted by Crippen LogP contribution is 2.22. The van der Waals surface area contributed by atoms with Gasteiger partial charge in [-0.1, -0.05) is 6.92 Å². The largest absolute Gasteiger partial charge is 0.466 e. The van der Waals surface area contributed by atoms with Crippen molar-refractivity contribution in [1.82, 2.24) is 28.9 Å². The van der Waals surface area contributed by atoms with Crippen LogP contribution < -0.4 is 5.69 Å². The first-order chi connectivity index (χ1) is 15.6. The lowest BCUT2D eigenvalue weighted by Gasteiger charge is -2.31. The predicted molar refractivity (Wildman–Crippen MR) is 121 cm³/mol. The number of hydrogen-bond donors (Lipinski definition) is 0. The molecule has 0 radical (unpaired) electrons.